The Hall–Kier alpha value is -3.47. The van der Waals surface area contributed by atoms with Gasteiger partial charge in [0.1, 0.15) is 11.4 Å². The van der Waals surface area contributed by atoms with Crippen molar-refractivity contribution >= 4 is 27.6 Å². The summed E-state index contributed by atoms with van der Waals surface area (Å²) in [5.74, 6) is -1.60. The molecule has 128 valence electrons. The summed E-state index contributed by atoms with van der Waals surface area (Å²) in [6.45, 7) is 0.325. The molecule has 1 N–H and O–H groups in total. The van der Waals surface area contributed by atoms with Gasteiger partial charge in [-0.1, -0.05) is 42.5 Å². The molecular formula is C21H14FNO3. The van der Waals surface area contributed by atoms with E-state index in [0.29, 0.717) is 17.4 Å². The predicted octanol–water partition coefficient (Wildman–Crippen LogP) is 4.04. The summed E-state index contributed by atoms with van der Waals surface area (Å²) >= 11 is 0. The number of hydrogen-bond acceptors (Lipinski definition) is 2. The van der Waals surface area contributed by atoms with Crippen LogP contribution in [-0.2, 0) is 6.54 Å². The van der Waals surface area contributed by atoms with E-state index in [2.05, 4.69) is 0 Å². The zero-order valence-corrected chi connectivity index (χ0v) is 13.6. The highest BCUT2D eigenvalue weighted by atomic mass is 19.1. The SMILES string of the molecule is O=C(O)c1cn(Cc2ccc(F)cc2)c2c(ccc3ccccc32)c1=O. The third-order valence-electron chi connectivity index (χ3n) is 4.46. The summed E-state index contributed by atoms with van der Waals surface area (Å²) < 4.78 is 14.9. The quantitative estimate of drug-likeness (QED) is 0.569. The maximum atomic E-state index is 13.2. The highest BCUT2D eigenvalue weighted by Crippen LogP contribution is 2.25. The van der Waals surface area contributed by atoms with Crippen LogP contribution in [0.1, 0.15) is 15.9 Å². The van der Waals surface area contributed by atoms with Gasteiger partial charge in [0.25, 0.3) is 0 Å². The third-order valence-corrected chi connectivity index (χ3v) is 4.46. The fourth-order valence-electron chi connectivity index (χ4n) is 3.24. The van der Waals surface area contributed by atoms with Gasteiger partial charge in [0, 0.05) is 23.5 Å². The molecule has 0 saturated carbocycles. The molecule has 4 aromatic rings. The van der Waals surface area contributed by atoms with Crippen LogP contribution in [0, 0.1) is 5.82 Å². The number of hydrogen-bond donors (Lipinski definition) is 1. The van der Waals surface area contributed by atoms with E-state index < -0.39 is 11.4 Å². The van der Waals surface area contributed by atoms with Gasteiger partial charge in [-0.15, -0.1) is 0 Å². The number of pyridine rings is 1. The first kappa shape index (κ1) is 16.0. The van der Waals surface area contributed by atoms with Crippen LogP contribution >= 0.6 is 0 Å². The largest absolute Gasteiger partial charge is 0.477 e. The van der Waals surface area contributed by atoms with Gasteiger partial charge >= 0.3 is 5.97 Å². The molecule has 1 aromatic heterocycles. The number of aromatic carboxylic acids is 1. The van der Waals surface area contributed by atoms with Gasteiger partial charge in [-0.05, 0) is 29.1 Å². The summed E-state index contributed by atoms with van der Waals surface area (Å²) in [7, 11) is 0. The Kier molecular flexibility index (Phi) is 3.77. The van der Waals surface area contributed by atoms with E-state index in [0.717, 1.165) is 16.3 Å². The van der Waals surface area contributed by atoms with Crippen LogP contribution in [0.4, 0.5) is 4.39 Å². The highest BCUT2D eigenvalue weighted by molar-refractivity contribution is 6.06. The van der Waals surface area contributed by atoms with E-state index in [4.69, 9.17) is 0 Å². The number of fused-ring (bicyclic) bond motifs is 3. The summed E-state index contributed by atoms with van der Waals surface area (Å²) in [6.07, 6.45) is 1.36. The van der Waals surface area contributed by atoms with Gasteiger partial charge in [0.2, 0.25) is 5.43 Å². The minimum atomic E-state index is -1.27. The first-order valence-corrected chi connectivity index (χ1v) is 8.07. The summed E-state index contributed by atoms with van der Waals surface area (Å²) in [4.78, 5) is 24.1. The molecular weight excluding hydrogens is 333 g/mol. The molecule has 0 unspecified atom stereocenters. The lowest BCUT2D eigenvalue weighted by atomic mass is 10.0. The van der Waals surface area contributed by atoms with Gasteiger partial charge in [-0.25, -0.2) is 9.18 Å². The predicted molar refractivity (Wildman–Crippen MR) is 98.2 cm³/mol. The number of nitrogens with zero attached hydrogens (tertiary/aromatic N) is 1. The first-order chi connectivity index (χ1) is 12.5. The lowest BCUT2D eigenvalue weighted by molar-refractivity contribution is 0.0695. The molecule has 5 heteroatoms. The van der Waals surface area contributed by atoms with Crippen molar-refractivity contribution < 1.29 is 14.3 Å². The molecule has 1 heterocycles. The van der Waals surface area contributed by atoms with Crippen molar-refractivity contribution in [3.8, 4) is 0 Å². The minimum Gasteiger partial charge on any atom is -0.477 e. The number of carbonyl (C=O) groups is 1. The fraction of sp³-hybridized carbons (Fsp3) is 0.0476. The monoisotopic (exact) mass is 347 g/mol. The van der Waals surface area contributed by atoms with Crippen LogP contribution in [0.5, 0.6) is 0 Å². The number of rotatable bonds is 3. The second kappa shape index (κ2) is 6.11. The fourth-order valence-corrected chi connectivity index (χ4v) is 3.24. The number of aromatic nitrogens is 1. The van der Waals surface area contributed by atoms with E-state index in [1.54, 1.807) is 22.8 Å². The molecule has 4 nitrogen and oxygen atoms in total. The number of benzene rings is 3. The normalized spacial score (nSPS) is 11.1. The maximum absolute atomic E-state index is 13.2. The molecule has 0 aliphatic rings. The third kappa shape index (κ3) is 2.63. The van der Waals surface area contributed by atoms with Crippen molar-refractivity contribution in [2.24, 2.45) is 0 Å². The molecule has 0 atom stereocenters. The molecule has 3 aromatic carbocycles. The topological polar surface area (TPSA) is 59.3 Å². The molecule has 0 bridgehead atoms. The Morgan fingerprint density at radius 2 is 1.69 bits per heavy atom. The van der Waals surface area contributed by atoms with Crippen molar-refractivity contribution in [1.29, 1.82) is 0 Å². The molecule has 0 amide bonds. The number of carboxylic acid groups (broad SMARTS) is 1. The van der Waals surface area contributed by atoms with Crippen molar-refractivity contribution in [2.45, 2.75) is 6.54 Å². The van der Waals surface area contributed by atoms with E-state index in [1.165, 1.54) is 18.3 Å². The second-order valence-corrected chi connectivity index (χ2v) is 6.11. The first-order valence-electron chi connectivity index (χ1n) is 8.07. The van der Waals surface area contributed by atoms with Crippen LogP contribution in [0.25, 0.3) is 21.7 Å². The Bertz CT molecular complexity index is 1210. The summed E-state index contributed by atoms with van der Waals surface area (Å²) in [5, 5.41) is 11.6. The minimum absolute atomic E-state index is 0.283. The zero-order chi connectivity index (χ0) is 18.3. The van der Waals surface area contributed by atoms with Gasteiger partial charge in [-0.3, -0.25) is 4.79 Å². The van der Waals surface area contributed by atoms with Crippen molar-refractivity contribution in [2.75, 3.05) is 0 Å². The Balaban J connectivity index is 2.06. The van der Waals surface area contributed by atoms with Crippen LogP contribution in [-0.4, -0.2) is 15.6 Å². The van der Waals surface area contributed by atoms with E-state index in [9.17, 15) is 19.1 Å². The lowest BCUT2D eigenvalue weighted by Gasteiger charge is -2.15. The Morgan fingerprint density at radius 1 is 0.962 bits per heavy atom. The van der Waals surface area contributed by atoms with Crippen LogP contribution in [0.3, 0.4) is 0 Å². The lowest BCUT2D eigenvalue weighted by Crippen LogP contribution is -2.19. The molecule has 0 radical (unpaired) electrons. The molecule has 0 spiro atoms. The molecule has 4 rings (SSSR count). The van der Waals surface area contributed by atoms with E-state index >= 15 is 0 Å². The number of halogens is 1. The van der Waals surface area contributed by atoms with Gasteiger partial charge in [-0.2, -0.15) is 0 Å². The smallest absolute Gasteiger partial charge is 0.341 e. The standard InChI is InChI=1S/C21H14FNO3/c22-15-8-5-13(6-9-15)11-23-12-18(21(25)26)20(24)17-10-7-14-3-1-2-4-16(14)19(17)23/h1-10,12H,11H2,(H,25,26). The molecule has 0 saturated heterocycles. The molecule has 0 aliphatic heterocycles. The Labute approximate surface area is 147 Å². The molecule has 26 heavy (non-hydrogen) atoms. The van der Waals surface area contributed by atoms with Crippen LogP contribution in [0.2, 0.25) is 0 Å². The van der Waals surface area contributed by atoms with Crippen molar-refractivity contribution in [3.63, 3.8) is 0 Å². The van der Waals surface area contributed by atoms with Crippen LogP contribution in [0.15, 0.2) is 71.7 Å². The average molecular weight is 347 g/mol. The van der Waals surface area contributed by atoms with Crippen LogP contribution < -0.4 is 5.43 Å². The maximum Gasteiger partial charge on any atom is 0.341 e. The van der Waals surface area contributed by atoms with Crippen molar-refractivity contribution in [1.82, 2.24) is 4.57 Å². The van der Waals surface area contributed by atoms with Crippen molar-refractivity contribution in [3.05, 3.63) is 94.0 Å². The van der Waals surface area contributed by atoms with Gasteiger partial charge in [0.15, 0.2) is 0 Å². The highest BCUT2D eigenvalue weighted by Gasteiger charge is 2.16. The molecule has 0 fully saturated rings. The second-order valence-electron chi connectivity index (χ2n) is 6.11. The average Bonchev–Trinajstić information content (AvgIpc) is 2.65. The zero-order valence-electron chi connectivity index (χ0n) is 13.6. The number of carboxylic acids is 1. The summed E-state index contributed by atoms with van der Waals surface area (Å²) in [6, 6.07) is 17.1. The van der Waals surface area contributed by atoms with Gasteiger partial charge < -0.3 is 9.67 Å². The van der Waals surface area contributed by atoms with Gasteiger partial charge in [0.05, 0.1) is 5.52 Å². The van der Waals surface area contributed by atoms with E-state index in [1.807, 2.05) is 30.3 Å². The van der Waals surface area contributed by atoms with E-state index in [-0.39, 0.29) is 11.4 Å². The Morgan fingerprint density at radius 3 is 2.42 bits per heavy atom. The molecule has 0 aliphatic carbocycles. The summed E-state index contributed by atoms with van der Waals surface area (Å²) in [5.41, 5.74) is 0.687.